The second-order valence-electron chi connectivity index (χ2n) is 6.99. The summed E-state index contributed by atoms with van der Waals surface area (Å²) in [5.74, 6) is 1.11. The lowest BCUT2D eigenvalue weighted by atomic mass is 10.0. The van der Waals surface area contributed by atoms with Crippen LogP contribution in [0.3, 0.4) is 0 Å². The Morgan fingerprint density at radius 2 is 1.79 bits per heavy atom. The molecule has 0 atom stereocenters. The standard InChI is InChI=1S/C19H26N4S/c1-24-16-6-7-18-17(12-16)19(21-13-20-18)23-10-8-15(9-11-23)22-14-4-2-3-5-14/h6-7,12-15,22H,2-5,8-11H2,1H3. The van der Waals surface area contributed by atoms with Crippen molar-refractivity contribution >= 4 is 28.5 Å². The van der Waals surface area contributed by atoms with Gasteiger partial charge < -0.3 is 10.2 Å². The van der Waals surface area contributed by atoms with Gasteiger partial charge in [0.2, 0.25) is 0 Å². The van der Waals surface area contributed by atoms with Crippen LogP contribution in [0.1, 0.15) is 38.5 Å². The van der Waals surface area contributed by atoms with Crippen LogP contribution in [0.25, 0.3) is 10.9 Å². The first-order valence-corrected chi connectivity index (χ1v) is 10.4. The highest BCUT2D eigenvalue weighted by molar-refractivity contribution is 7.98. The number of nitrogens with one attached hydrogen (secondary N) is 1. The zero-order valence-electron chi connectivity index (χ0n) is 14.4. The number of benzene rings is 1. The largest absolute Gasteiger partial charge is 0.356 e. The molecule has 128 valence electrons. The van der Waals surface area contributed by atoms with E-state index in [1.54, 1.807) is 18.1 Å². The van der Waals surface area contributed by atoms with Crippen LogP contribution in [0.5, 0.6) is 0 Å². The minimum Gasteiger partial charge on any atom is -0.356 e. The molecule has 0 bridgehead atoms. The van der Waals surface area contributed by atoms with Gasteiger partial charge in [0.05, 0.1) is 5.52 Å². The first kappa shape index (κ1) is 16.2. The number of rotatable bonds is 4. The minimum absolute atomic E-state index is 0.680. The summed E-state index contributed by atoms with van der Waals surface area (Å²) in [5.41, 5.74) is 1.05. The third-order valence-electron chi connectivity index (χ3n) is 5.44. The summed E-state index contributed by atoms with van der Waals surface area (Å²) in [6.45, 7) is 2.17. The number of hydrogen-bond donors (Lipinski definition) is 1. The fraction of sp³-hybridized carbons (Fsp3) is 0.579. The Morgan fingerprint density at radius 3 is 2.54 bits per heavy atom. The highest BCUT2D eigenvalue weighted by atomic mass is 32.2. The SMILES string of the molecule is CSc1ccc2ncnc(N3CCC(NC4CCCC4)CC3)c2c1. The van der Waals surface area contributed by atoms with E-state index in [2.05, 4.69) is 44.6 Å². The van der Waals surface area contributed by atoms with Crippen molar-refractivity contribution in [2.24, 2.45) is 0 Å². The van der Waals surface area contributed by atoms with Crippen LogP contribution in [-0.2, 0) is 0 Å². The van der Waals surface area contributed by atoms with E-state index in [4.69, 9.17) is 0 Å². The summed E-state index contributed by atoms with van der Waals surface area (Å²) in [6, 6.07) is 7.94. The predicted octanol–water partition coefficient (Wildman–Crippen LogP) is 3.85. The van der Waals surface area contributed by atoms with Crippen LogP contribution in [0, 0.1) is 0 Å². The molecule has 2 aromatic rings. The van der Waals surface area contributed by atoms with Crippen molar-refractivity contribution in [2.75, 3.05) is 24.2 Å². The zero-order valence-corrected chi connectivity index (χ0v) is 15.2. The number of fused-ring (bicyclic) bond motifs is 1. The van der Waals surface area contributed by atoms with Crippen molar-refractivity contribution in [3.05, 3.63) is 24.5 Å². The third kappa shape index (κ3) is 3.38. The van der Waals surface area contributed by atoms with E-state index in [0.29, 0.717) is 6.04 Å². The number of anilines is 1. The molecule has 1 aliphatic heterocycles. The van der Waals surface area contributed by atoms with E-state index in [0.717, 1.165) is 30.5 Å². The topological polar surface area (TPSA) is 41.1 Å². The van der Waals surface area contributed by atoms with Crippen molar-refractivity contribution in [3.8, 4) is 0 Å². The Morgan fingerprint density at radius 1 is 1.04 bits per heavy atom. The molecule has 1 saturated heterocycles. The Balaban J connectivity index is 1.47. The molecule has 4 rings (SSSR count). The summed E-state index contributed by atoms with van der Waals surface area (Å²) in [4.78, 5) is 12.8. The van der Waals surface area contributed by atoms with E-state index < -0.39 is 0 Å². The molecule has 1 saturated carbocycles. The predicted molar refractivity (Wildman–Crippen MR) is 102 cm³/mol. The number of nitrogens with zero attached hydrogens (tertiary/aromatic N) is 3. The van der Waals surface area contributed by atoms with Gasteiger partial charge in [-0.05, 0) is 50.1 Å². The summed E-state index contributed by atoms with van der Waals surface area (Å²) in [6.07, 6.45) is 11.8. The lowest BCUT2D eigenvalue weighted by Crippen LogP contribution is -2.45. The van der Waals surface area contributed by atoms with E-state index in [1.807, 2.05) is 0 Å². The van der Waals surface area contributed by atoms with Crippen molar-refractivity contribution in [1.29, 1.82) is 0 Å². The maximum absolute atomic E-state index is 4.62. The highest BCUT2D eigenvalue weighted by Gasteiger charge is 2.24. The average Bonchev–Trinajstić information content (AvgIpc) is 3.14. The second kappa shape index (κ2) is 7.28. The Bertz CT molecular complexity index is 691. The van der Waals surface area contributed by atoms with Crippen LogP contribution < -0.4 is 10.2 Å². The molecule has 4 nitrogen and oxygen atoms in total. The van der Waals surface area contributed by atoms with Gasteiger partial charge >= 0.3 is 0 Å². The van der Waals surface area contributed by atoms with Gasteiger partial charge in [0, 0.05) is 35.5 Å². The summed E-state index contributed by atoms with van der Waals surface area (Å²) >= 11 is 1.77. The number of aromatic nitrogens is 2. The molecule has 24 heavy (non-hydrogen) atoms. The quantitative estimate of drug-likeness (QED) is 0.855. The van der Waals surface area contributed by atoms with Crippen LogP contribution in [0.15, 0.2) is 29.4 Å². The maximum atomic E-state index is 4.62. The molecule has 2 heterocycles. The van der Waals surface area contributed by atoms with Crippen LogP contribution >= 0.6 is 11.8 Å². The molecule has 2 aliphatic rings. The Hall–Kier alpha value is -1.33. The summed E-state index contributed by atoms with van der Waals surface area (Å²) in [7, 11) is 0. The third-order valence-corrected chi connectivity index (χ3v) is 6.17. The second-order valence-corrected chi connectivity index (χ2v) is 7.87. The lowest BCUT2D eigenvalue weighted by molar-refractivity contribution is 0.367. The van der Waals surface area contributed by atoms with Crippen LogP contribution in [0.2, 0.25) is 0 Å². The summed E-state index contributed by atoms with van der Waals surface area (Å²) < 4.78 is 0. The molecule has 1 N–H and O–H groups in total. The van der Waals surface area contributed by atoms with Gasteiger partial charge in [-0.15, -0.1) is 11.8 Å². The smallest absolute Gasteiger partial charge is 0.139 e. The maximum Gasteiger partial charge on any atom is 0.139 e. The molecule has 0 spiro atoms. The van der Waals surface area contributed by atoms with Crippen LogP contribution in [-0.4, -0.2) is 41.4 Å². The van der Waals surface area contributed by atoms with Gasteiger partial charge in [-0.25, -0.2) is 9.97 Å². The first-order chi connectivity index (χ1) is 11.8. The Kier molecular flexibility index (Phi) is 4.90. The monoisotopic (exact) mass is 342 g/mol. The van der Waals surface area contributed by atoms with Crippen molar-refractivity contribution in [3.63, 3.8) is 0 Å². The van der Waals surface area contributed by atoms with Gasteiger partial charge in [0.25, 0.3) is 0 Å². The normalized spacial score (nSPS) is 20.1. The molecule has 0 unspecified atom stereocenters. The van der Waals surface area contributed by atoms with Gasteiger partial charge in [0.15, 0.2) is 0 Å². The molecule has 0 radical (unpaired) electrons. The highest BCUT2D eigenvalue weighted by Crippen LogP contribution is 2.29. The van der Waals surface area contributed by atoms with Crippen molar-refractivity contribution in [1.82, 2.24) is 15.3 Å². The zero-order chi connectivity index (χ0) is 16.4. The van der Waals surface area contributed by atoms with Gasteiger partial charge in [-0.1, -0.05) is 12.8 Å². The summed E-state index contributed by atoms with van der Waals surface area (Å²) in [5, 5.41) is 5.07. The van der Waals surface area contributed by atoms with Gasteiger partial charge in [-0.2, -0.15) is 0 Å². The van der Waals surface area contributed by atoms with Crippen LogP contribution in [0.4, 0.5) is 5.82 Å². The van der Waals surface area contributed by atoms with Gasteiger partial charge in [-0.3, -0.25) is 0 Å². The van der Waals surface area contributed by atoms with E-state index in [-0.39, 0.29) is 0 Å². The number of thioether (sulfide) groups is 1. The lowest BCUT2D eigenvalue weighted by Gasteiger charge is -2.35. The number of hydrogen-bond acceptors (Lipinski definition) is 5. The molecule has 1 aliphatic carbocycles. The molecule has 1 aromatic heterocycles. The number of piperidine rings is 1. The van der Waals surface area contributed by atoms with Gasteiger partial charge in [0.1, 0.15) is 12.1 Å². The van der Waals surface area contributed by atoms with E-state index >= 15 is 0 Å². The van der Waals surface area contributed by atoms with E-state index in [9.17, 15) is 0 Å². The minimum atomic E-state index is 0.680. The Labute approximate surface area is 148 Å². The molecular weight excluding hydrogens is 316 g/mol. The van der Waals surface area contributed by atoms with Crippen molar-refractivity contribution < 1.29 is 0 Å². The van der Waals surface area contributed by atoms with Crippen molar-refractivity contribution in [2.45, 2.75) is 55.5 Å². The molecule has 5 heteroatoms. The molecule has 1 aromatic carbocycles. The molecule has 0 amide bonds. The molecular formula is C19H26N4S. The fourth-order valence-electron chi connectivity index (χ4n) is 4.08. The fourth-order valence-corrected chi connectivity index (χ4v) is 4.52. The van der Waals surface area contributed by atoms with E-state index in [1.165, 1.54) is 48.8 Å². The average molecular weight is 343 g/mol. The first-order valence-electron chi connectivity index (χ1n) is 9.13. The molecule has 2 fully saturated rings.